The first-order valence-electron chi connectivity index (χ1n) is 11.1. The molecule has 30 heavy (non-hydrogen) atoms. The average molecular weight is 425 g/mol. The lowest BCUT2D eigenvalue weighted by atomic mass is 9.57. The maximum atomic E-state index is 11.2. The zero-order chi connectivity index (χ0) is 22.0. The minimum absolute atomic E-state index is 0.0706. The Balaban J connectivity index is 1.85. The lowest BCUT2D eigenvalue weighted by molar-refractivity contribution is -0.224. The summed E-state index contributed by atoms with van der Waals surface area (Å²) in [7, 11) is 1.53. The summed E-state index contributed by atoms with van der Waals surface area (Å²) in [4.78, 5) is 0. The maximum absolute atomic E-state index is 11.2. The number of hydrogen-bond acceptors (Lipinski definition) is 7. The third-order valence-corrected chi connectivity index (χ3v) is 8.05. The quantitative estimate of drug-likeness (QED) is 0.490. The summed E-state index contributed by atoms with van der Waals surface area (Å²) in [6.07, 6.45) is 1.51. The van der Waals surface area contributed by atoms with Crippen molar-refractivity contribution in [3.8, 4) is 0 Å². The lowest BCUT2D eigenvalue weighted by Gasteiger charge is -2.49. The highest BCUT2D eigenvalue weighted by Gasteiger charge is 2.68. The molecule has 5 unspecified atom stereocenters. The molecule has 170 valence electrons. The Hall–Kier alpha value is -0.800. The summed E-state index contributed by atoms with van der Waals surface area (Å²) in [5, 5.41) is 43.1. The molecule has 1 spiro atoms. The van der Waals surface area contributed by atoms with Gasteiger partial charge in [0.2, 0.25) is 0 Å². The third kappa shape index (κ3) is 3.13. The predicted octanol–water partition coefficient (Wildman–Crippen LogP) is 0.999. The van der Waals surface area contributed by atoms with Gasteiger partial charge in [-0.3, -0.25) is 0 Å². The van der Waals surface area contributed by atoms with Gasteiger partial charge in [0.15, 0.2) is 6.29 Å². The Morgan fingerprint density at radius 2 is 1.87 bits per heavy atom. The Labute approximate surface area is 178 Å². The third-order valence-electron chi connectivity index (χ3n) is 8.05. The Morgan fingerprint density at radius 3 is 2.50 bits per heavy atom. The SMILES string of the molecule is CO[C@@H]1C[C@H]2C=CC3C4[C@H](O)[C@@H](C)[C@@H](O)[C@@H]3O[C@]42/C(C)=C/[C@@H](C)C(C(C)O)OC1O. The van der Waals surface area contributed by atoms with E-state index in [1.807, 2.05) is 26.8 Å². The fourth-order valence-electron chi connectivity index (χ4n) is 6.48. The Morgan fingerprint density at radius 1 is 1.17 bits per heavy atom. The van der Waals surface area contributed by atoms with E-state index in [-0.39, 0.29) is 35.7 Å². The molecule has 2 aliphatic heterocycles. The second kappa shape index (κ2) is 7.96. The fourth-order valence-corrected chi connectivity index (χ4v) is 6.48. The molecule has 7 heteroatoms. The molecule has 2 heterocycles. The normalized spacial score (nSPS) is 56.0. The van der Waals surface area contributed by atoms with Crippen molar-refractivity contribution in [1.29, 1.82) is 0 Å². The fraction of sp³-hybridized carbons (Fsp3) is 0.826. The zero-order valence-electron chi connectivity index (χ0n) is 18.4. The van der Waals surface area contributed by atoms with Gasteiger partial charge in [-0.15, -0.1) is 0 Å². The van der Waals surface area contributed by atoms with E-state index < -0.39 is 42.4 Å². The van der Waals surface area contributed by atoms with Gasteiger partial charge in [0.25, 0.3) is 0 Å². The van der Waals surface area contributed by atoms with Crippen molar-refractivity contribution in [2.45, 2.75) is 82.6 Å². The largest absolute Gasteiger partial charge is 0.392 e. The predicted molar refractivity (Wildman–Crippen MR) is 109 cm³/mol. The van der Waals surface area contributed by atoms with Crippen LogP contribution in [0.2, 0.25) is 0 Å². The molecule has 0 amide bonds. The molecule has 4 bridgehead atoms. The molecular weight excluding hydrogens is 388 g/mol. The van der Waals surface area contributed by atoms with Crippen LogP contribution in [0.3, 0.4) is 0 Å². The van der Waals surface area contributed by atoms with Crippen molar-refractivity contribution in [3.63, 3.8) is 0 Å². The molecule has 2 aliphatic carbocycles. The van der Waals surface area contributed by atoms with E-state index in [2.05, 4.69) is 12.2 Å². The van der Waals surface area contributed by atoms with Crippen LogP contribution in [0.1, 0.15) is 34.1 Å². The van der Waals surface area contributed by atoms with Gasteiger partial charge in [0.1, 0.15) is 11.7 Å². The molecular formula is C23H36O7. The molecule has 0 radical (unpaired) electrons. The molecule has 0 aromatic rings. The monoisotopic (exact) mass is 424 g/mol. The number of ether oxygens (including phenoxy) is 3. The molecule has 4 N–H and O–H groups in total. The zero-order valence-corrected chi connectivity index (χ0v) is 18.4. The van der Waals surface area contributed by atoms with E-state index in [4.69, 9.17) is 14.2 Å². The highest BCUT2D eigenvalue weighted by Crippen LogP contribution is 2.60. The van der Waals surface area contributed by atoms with Crippen LogP contribution in [-0.4, -0.2) is 76.1 Å². The van der Waals surface area contributed by atoms with Gasteiger partial charge < -0.3 is 34.6 Å². The van der Waals surface area contributed by atoms with Crippen molar-refractivity contribution in [3.05, 3.63) is 23.8 Å². The molecule has 1 saturated heterocycles. The highest BCUT2D eigenvalue weighted by molar-refractivity contribution is 5.35. The van der Waals surface area contributed by atoms with E-state index in [0.29, 0.717) is 6.42 Å². The van der Waals surface area contributed by atoms with E-state index in [1.54, 1.807) is 6.92 Å². The summed E-state index contributed by atoms with van der Waals surface area (Å²) < 4.78 is 18.1. The van der Waals surface area contributed by atoms with E-state index >= 15 is 0 Å². The summed E-state index contributed by atoms with van der Waals surface area (Å²) in [6, 6.07) is 0. The minimum Gasteiger partial charge on any atom is -0.392 e. The summed E-state index contributed by atoms with van der Waals surface area (Å²) in [5.74, 6) is -0.928. The van der Waals surface area contributed by atoms with E-state index in [9.17, 15) is 20.4 Å². The van der Waals surface area contributed by atoms with E-state index in [0.717, 1.165) is 5.57 Å². The average Bonchev–Trinajstić information content (AvgIpc) is 2.91. The molecule has 4 aliphatic rings. The van der Waals surface area contributed by atoms with Gasteiger partial charge in [-0.25, -0.2) is 0 Å². The first-order valence-corrected chi connectivity index (χ1v) is 11.1. The van der Waals surface area contributed by atoms with Gasteiger partial charge in [0, 0.05) is 36.7 Å². The standard InChI is InChI=1S/C23H36O7/c1-10-8-11(2)23-14(9-16(28-5)22(27)29-20(10)13(4)24)6-7-15-17(23)18(25)12(3)19(26)21(15)30-23/h6-8,10,12-22,24-27H,9H2,1-5H3/b11-8+/t10-,12-,13?,14-,15?,16-,17?,18-,19-,20?,21-,22?,23+/m1/s1. The van der Waals surface area contributed by atoms with Gasteiger partial charge in [-0.1, -0.05) is 32.1 Å². The Kier molecular flexibility index (Phi) is 5.94. The molecule has 1 saturated carbocycles. The molecule has 4 rings (SSSR count). The van der Waals surface area contributed by atoms with Gasteiger partial charge >= 0.3 is 0 Å². The van der Waals surface area contributed by atoms with Crippen molar-refractivity contribution < 1.29 is 34.6 Å². The topological polar surface area (TPSA) is 109 Å². The second-order valence-corrected chi connectivity index (χ2v) is 9.76. The van der Waals surface area contributed by atoms with Crippen LogP contribution in [-0.2, 0) is 14.2 Å². The van der Waals surface area contributed by atoms with Crippen LogP contribution in [0.15, 0.2) is 23.8 Å². The maximum Gasteiger partial charge on any atom is 0.181 e. The first kappa shape index (κ1) is 22.4. The minimum atomic E-state index is -1.21. The Bertz CT molecular complexity index is 706. The number of methoxy groups -OCH3 is 1. The van der Waals surface area contributed by atoms with Crippen LogP contribution in [0, 0.1) is 29.6 Å². The van der Waals surface area contributed by atoms with Gasteiger partial charge in [-0.2, -0.15) is 0 Å². The van der Waals surface area contributed by atoms with Crippen molar-refractivity contribution in [2.24, 2.45) is 29.6 Å². The molecule has 7 nitrogen and oxygen atoms in total. The van der Waals surface area contributed by atoms with Crippen LogP contribution >= 0.6 is 0 Å². The summed E-state index contributed by atoms with van der Waals surface area (Å²) >= 11 is 0. The summed E-state index contributed by atoms with van der Waals surface area (Å²) in [6.45, 7) is 7.46. The van der Waals surface area contributed by atoms with E-state index in [1.165, 1.54) is 7.11 Å². The number of hydrogen-bond donors (Lipinski definition) is 4. The second-order valence-electron chi connectivity index (χ2n) is 9.76. The molecule has 0 aromatic carbocycles. The lowest BCUT2D eigenvalue weighted by Crippen LogP contribution is -2.57. The van der Waals surface area contributed by atoms with Crippen molar-refractivity contribution >= 4 is 0 Å². The smallest absolute Gasteiger partial charge is 0.181 e. The van der Waals surface area contributed by atoms with Gasteiger partial charge in [-0.05, 0) is 25.8 Å². The molecule has 2 fully saturated rings. The number of rotatable bonds is 2. The highest BCUT2D eigenvalue weighted by atomic mass is 16.6. The van der Waals surface area contributed by atoms with Crippen LogP contribution in [0.5, 0.6) is 0 Å². The molecule has 0 aromatic heterocycles. The van der Waals surface area contributed by atoms with Crippen molar-refractivity contribution in [1.82, 2.24) is 0 Å². The van der Waals surface area contributed by atoms with Crippen LogP contribution in [0.4, 0.5) is 0 Å². The van der Waals surface area contributed by atoms with Crippen LogP contribution < -0.4 is 0 Å². The molecule has 13 atom stereocenters. The number of aliphatic hydroxyl groups is 4. The van der Waals surface area contributed by atoms with Crippen LogP contribution in [0.25, 0.3) is 0 Å². The number of aliphatic hydroxyl groups excluding tert-OH is 4. The summed E-state index contributed by atoms with van der Waals surface area (Å²) in [5.41, 5.74) is 0.156. The first-order chi connectivity index (χ1) is 14.1. The van der Waals surface area contributed by atoms with Gasteiger partial charge in [0.05, 0.1) is 30.5 Å². The van der Waals surface area contributed by atoms with Crippen molar-refractivity contribution in [2.75, 3.05) is 7.11 Å².